The van der Waals surface area contributed by atoms with Gasteiger partial charge in [0.1, 0.15) is 19.3 Å². The van der Waals surface area contributed by atoms with E-state index >= 15 is 0 Å². The Balaban J connectivity index is 5.24. The van der Waals surface area contributed by atoms with Gasteiger partial charge in [0.15, 0.2) is 12.2 Å². The number of rotatable bonds is 74. The van der Waals surface area contributed by atoms with Gasteiger partial charge in [0.25, 0.3) is 0 Å². The number of carbonyl (C=O) groups excluding carboxylic acids is 4. The van der Waals surface area contributed by atoms with Crippen molar-refractivity contribution in [3.05, 3.63) is 0 Å². The monoisotopic (exact) mass is 1370 g/mol. The number of phosphoric acid groups is 2. The van der Waals surface area contributed by atoms with Crippen molar-refractivity contribution in [2.24, 2.45) is 5.92 Å². The molecule has 0 rings (SSSR count). The molecule has 0 saturated carbocycles. The summed E-state index contributed by atoms with van der Waals surface area (Å²) in [6, 6.07) is 0. The summed E-state index contributed by atoms with van der Waals surface area (Å²) in [5.41, 5.74) is 0. The molecule has 0 fully saturated rings. The van der Waals surface area contributed by atoms with Crippen molar-refractivity contribution in [1.29, 1.82) is 0 Å². The predicted molar refractivity (Wildman–Crippen MR) is 377 cm³/mol. The fraction of sp³-hybridized carbons (Fsp3) is 0.946. The average Bonchev–Trinajstić information content (AvgIpc) is 1.92. The highest BCUT2D eigenvalue weighted by Gasteiger charge is 2.30. The van der Waals surface area contributed by atoms with Gasteiger partial charge in [0.2, 0.25) is 0 Å². The van der Waals surface area contributed by atoms with Crippen LogP contribution in [0, 0.1) is 5.92 Å². The molecule has 552 valence electrons. The van der Waals surface area contributed by atoms with Gasteiger partial charge < -0.3 is 33.8 Å². The molecule has 0 aromatic carbocycles. The number of esters is 4. The van der Waals surface area contributed by atoms with Gasteiger partial charge in [0, 0.05) is 25.7 Å². The minimum absolute atomic E-state index is 0.107. The van der Waals surface area contributed by atoms with E-state index in [4.69, 9.17) is 37.0 Å². The third-order valence-electron chi connectivity index (χ3n) is 17.3. The number of unbranched alkanes of at least 4 members (excludes halogenated alkanes) is 46. The molecule has 2 unspecified atom stereocenters. The molecule has 0 aliphatic heterocycles. The van der Waals surface area contributed by atoms with Crippen LogP contribution in [-0.4, -0.2) is 96.7 Å². The molecule has 17 nitrogen and oxygen atoms in total. The highest BCUT2D eigenvalue weighted by molar-refractivity contribution is 7.47. The van der Waals surface area contributed by atoms with Crippen LogP contribution in [0.15, 0.2) is 0 Å². The Morgan fingerprint density at radius 2 is 0.495 bits per heavy atom. The smallest absolute Gasteiger partial charge is 0.462 e. The first-order chi connectivity index (χ1) is 45.0. The van der Waals surface area contributed by atoms with Gasteiger partial charge in [-0.2, -0.15) is 0 Å². The Hall–Kier alpha value is -1.94. The first-order valence-corrected chi connectivity index (χ1v) is 41.6. The second-order valence-electron chi connectivity index (χ2n) is 27.2. The summed E-state index contributed by atoms with van der Waals surface area (Å²) < 4.78 is 68.4. The minimum atomic E-state index is -4.95. The second kappa shape index (κ2) is 67.3. The summed E-state index contributed by atoms with van der Waals surface area (Å²) in [7, 11) is -9.91. The van der Waals surface area contributed by atoms with Crippen LogP contribution in [0.5, 0.6) is 0 Å². The van der Waals surface area contributed by atoms with Gasteiger partial charge in [-0.1, -0.05) is 336 Å². The number of carbonyl (C=O) groups is 4. The van der Waals surface area contributed by atoms with Crippen molar-refractivity contribution in [1.82, 2.24) is 0 Å². The molecule has 0 aromatic heterocycles. The zero-order valence-electron chi connectivity index (χ0n) is 60.4. The number of aliphatic hydroxyl groups excluding tert-OH is 1. The van der Waals surface area contributed by atoms with E-state index in [0.717, 1.165) is 96.3 Å². The molecule has 0 saturated heterocycles. The number of hydrogen-bond acceptors (Lipinski definition) is 15. The summed E-state index contributed by atoms with van der Waals surface area (Å²) in [5, 5.41) is 10.6. The first kappa shape index (κ1) is 91.1. The lowest BCUT2D eigenvalue weighted by Crippen LogP contribution is -2.30. The van der Waals surface area contributed by atoms with Gasteiger partial charge in [-0.3, -0.25) is 37.3 Å². The van der Waals surface area contributed by atoms with E-state index < -0.39 is 97.5 Å². The van der Waals surface area contributed by atoms with E-state index in [-0.39, 0.29) is 25.7 Å². The quantitative estimate of drug-likeness (QED) is 0.0222. The number of ether oxygens (including phenoxy) is 4. The van der Waals surface area contributed by atoms with Gasteiger partial charge >= 0.3 is 39.5 Å². The van der Waals surface area contributed by atoms with Crippen LogP contribution in [0.3, 0.4) is 0 Å². The van der Waals surface area contributed by atoms with E-state index in [1.165, 1.54) is 205 Å². The lowest BCUT2D eigenvalue weighted by Gasteiger charge is -2.21. The summed E-state index contributed by atoms with van der Waals surface area (Å²) in [6.45, 7) is 7.23. The Labute approximate surface area is 568 Å². The van der Waals surface area contributed by atoms with Crippen molar-refractivity contribution in [2.75, 3.05) is 39.6 Å². The van der Waals surface area contributed by atoms with Crippen LogP contribution in [0.2, 0.25) is 0 Å². The number of aliphatic hydroxyl groups is 1. The fourth-order valence-electron chi connectivity index (χ4n) is 11.4. The lowest BCUT2D eigenvalue weighted by atomic mass is 10.0. The molecular weight excluding hydrogens is 1220 g/mol. The molecular formula is C74H144O17P2. The van der Waals surface area contributed by atoms with E-state index in [0.29, 0.717) is 31.6 Å². The molecule has 0 spiro atoms. The third kappa shape index (κ3) is 68.4. The van der Waals surface area contributed by atoms with E-state index in [1.54, 1.807) is 0 Å². The standard InChI is InChI=1S/C74H144O17P2/c1-6-9-12-15-18-21-24-27-29-30-31-33-36-39-44-50-55-60-74(79)90-69(63-84-71(76)57-52-47-42-37-35-32-28-25-22-19-16-13-10-7-2)65-88-92(80,81)86-61-68(75)62-87-93(82,83)89-66-70(64-85-72(77)58-53-48-45-40-41-46-51-56-67(4)5)91-73(78)59-54-49-43-38-34-26-23-20-17-14-11-8-3/h67-70,75H,6-66H2,1-5H3,(H,80,81)(H,82,83)/t68-,69-,70-/m1/s1. The van der Waals surface area contributed by atoms with Crippen molar-refractivity contribution >= 4 is 39.5 Å². The Kier molecular flexibility index (Phi) is 65.9. The molecule has 0 heterocycles. The van der Waals surface area contributed by atoms with Crippen LogP contribution in [0.4, 0.5) is 0 Å². The van der Waals surface area contributed by atoms with Gasteiger partial charge in [0.05, 0.1) is 26.4 Å². The van der Waals surface area contributed by atoms with Crippen molar-refractivity contribution in [3.8, 4) is 0 Å². The van der Waals surface area contributed by atoms with Crippen molar-refractivity contribution in [2.45, 2.75) is 406 Å². The second-order valence-corrected chi connectivity index (χ2v) is 30.1. The lowest BCUT2D eigenvalue weighted by molar-refractivity contribution is -0.161. The molecule has 0 aromatic rings. The topological polar surface area (TPSA) is 237 Å². The van der Waals surface area contributed by atoms with E-state index in [9.17, 15) is 43.2 Å². The summed E-state index contributed by atoms with van der Waals surface area (Å²) in [5.74, 6) is -1.41. The van der Waals surface area contributed by atoms with Gasteiger partial charge in [-0.25, -0.2) is 9.13 Å². The first-order valence-electron chi connectivity index (χ1n) is 38.6. The highest BCUT2D eigenvalue weighted by Crippen LogP contribution is 2.45. The molecule has 0 amide bonds. The van der Waals surface area contributed by atoms with Crippen molar-refractivity contribution in [3.63, 3.8) is 0 Å². The SMILES string of the molecule is CCCCCCCCCCCCCCCCCCCC(=O)O[C@H](COC(=O)CCCCCCCCCCCCCCCC)COP(=O)(O)OC[C@@H](O)COP(=O)(O)OC[C@@H](COC(=O)CCCCCCCCCC(C)C)OC(=O)CCCCCCCCCCCCCC. The molecule has 5 atom stereocenters. The zero-order chi connectivity index (χ0) is 68.4. The van der Waals surface area contributed by atoms with Crippen LogP contribution < -0.4 is 0 Å². The van der Waals surface area contributed by atoms with Crippen LogP contribution >= 0.6 is 15.6 Å². The zero-order valence-corrected chi connectivity index (χ0v) is 62.2. The maximum absolute atomic E-state index is 13.1. The van der Waals surface area contributed by atoms with Crippen LogP contribution in [-0.2, 0) is 65.4 Å². The Morgan fingerprint density at radius 1 is 0.290 bits per heavy atom. The van der Waals surface area contributed by atoms with Crippen LogP contribution in [0.25, 0.3) is 0 Å². The Morgan fingerprint density at radius 3 is 0.731 bits per heavy atom. The number of hydrogen-bond donors (Lipinski definition) is 3. The molecule has 0 aliphatic rings. The van der Waals surface area contributed by atoms with E-state index in [1.807, 2.05) is 0 Å². The Bertz CT molecular complexity index is 1790. The third-order valence-corrected chi connectivity index (χ3v) is 19.2. The summed E-state index contributed by atoms with van der Waals surface area (Å²) in [6.07, 6.45) is 55.4. The van der Waals surface area contributed by atoms with Gasteiger partial charge in [-0.05, 0) is 31.6 Å². The molecule has 0 bridgehead atoms. The highest BCUT2D eigenvalue weighted by atomic mass is 31.2. The molecule has 93 heavy (non-hydrogen) atoms. The van der Waals surface area contributed by atoms with E-state index in [2.05, 4.69) is 34.6 Å². The normalized spacial score (nSPS) is 14.0. The summed E-state index contributed by atoms with van der Waals surface area (Å²) >= 11 is 0. The minimum Gasteiger partial charge on any atom is -0.462 e. The van der Waals surface area contributed by atoms with Crippen molar-refractivity contribution < 1.29 is 80.2 Å². The molecule has 3 N–H and O–H groups in total. The molecule has 19 heteroatoms. The average molecular weight is 1370 g/mol. The largest absolute Gasteiger partial charge is 0.472 e. The number of phosphoric ester groups is 2. The fourth-order valence-corrected chi connectivity index (χ4v) is 12.9. The summed E-state index contributed by atoms with van der Waals surface area (Å²) in [4.78, 5) is 72.7. The predicted octanol–water partition coefficient (Wildman–Crippen LogP) is 21.7. The molecule has 0 radical (unpaired) electrons. The molecule has 0 aliphatic carbocycles. The maximum atomic E-state index is 13.1. The maximum Gasteiger partial charge on any atom is 0.472 e. The van der Waals surface area contributed by atoms with Gasteiger partial charge in [-0.15, -0.1) is 0 Å². The van der Waals surface area contributed by atoms with Crippen LogP contribution in [0.1, 0.15) is 388 Å².